The van der Waals surface area contributed by atoms with Crippen LogP contribution in [0.2, 0.25) is 5.02 Å². The number of halogens is 2. The van der Waals surface area contributed by atoms with Gasteiger partial charge in [-0.2, -0.15) is 0 Å². The Morgan fingerprint density at radius 3 is 2.54 bits per heavy atom. The van der Waals surface area contributed by atoms with Gasteiger partial charge in [0, 0.05) is 28.2 Å². The van der Waals surface area contributed by atoms with E-state index < -0.39 is 5.97 Å². The predicted octanol–water partition coefficient (Wildman–Crippen LogP) is 5.50. The van der Waals surface area contributed by atoms with Gasteiger partial charge in [0.1, 0.15) is 0 Å². The van der Waals surface area contributed by atoms with Gasteiger partial charge in [0.15, 0.2) is 5.78 Å². The number of esters is 1. The minimum atomic E-state index is -0.422. The van der Waals surface area contributed by atoms with Crippen molar-refractivity contribution in [3.8, 4) is 0 Å². The predicted molar refractivity (Wildman–Crippen MR) is 113 cm³/mol. The number of ether oxygens (including phenoxy) is 1. The van der Waals surface area contributed by atoms with E-state index in [-0.39, 0.29) is 11.7 Å². The van der Waals surface area contributed by atoms with Crippen molar-refractivity contribution in [2.45, 2.75) is 26.3 Å². The second-order valence-corrected chi connectivity index (χ2v) is 7.20. The Kier molecular flexibility index (Phi) is 6.42. The molecule has 0 aliphatic carbocycles. The van der Waals surface area contributed by atoms with Gasteiger partial charge in [-0.25, -0.2) is 4.79 Å². The van der Waals surface area contributed by atoms with Crippen LogP contribution in [0.3, 0.4) is 0 Å². The lowest BCUT2D eigenvalue weighted by molar-refractivity contribution is 0.0600. The molecule has 0 fully saturated rings. The molecule has 6 heteroatoms. The molecule has 0 bridgehead atoms. The summed E-state index contributed by atoms with van der Waals surface area (Å²) < 4.78 is 6.92. The van der Waals surface area contributed by atoms with Gasteiger partial charge in [0.2, 0.25) is 0 Å². The van der Waals surface area contributed by atoms with E-state index in [4.69, 9.17) is 27.9 Å². The Balaban J connectivity index is 2.30. The largest absolute Gasteiger partial charge is 0.465 e. The van der Waals surface area contributed by atoms with Crippen molar-refractivity contribution in [1.29, 1.82) is 0 Å². The van der Waals surface area contributed by atoms with Crippen LogP contribution in [0.25, 0.3) is 10.9 Å². The molecule has 3 rings (SSSR count). The van der Waals surface area contributed by atoms with E-state index in [1.807, 2.05) is 24.3 Å². The molecule has 0 spiro atoms. The Labute approximate surface area is 174 Å². The van der Waals surface area contributed by atoms with Crippen LogP contribution in [-0.4, -0.2) is 29.3 Å². The zero-order chi connectivity index (χ0) is 20.3. The molecule has 0 amide bonds. The fourth-order valence-electron chi connectivity index (χ4n) is 3.50. The van der Waals surface area contributed by atoms with Crippen molar-refractivity contribution < 1.29 is 14.3 Å². The van der Waals surface area contributed by atoms with Gasteiger partial charge < -0.3 is 9.30 Å². The minimum Gasteiger partial charge on any atom is -0.465 e. The number of hydrogen-bond donors (Lipinski definition) is 0. The first kappa shape index (κ1) is 20.4. The summed E-state index contributed by atoms with van der Waals surface area (Å²) in [5.41, 5.74) is 3.69. The van der Waals surface area contributed by atoms with E-state index in [2.05, 4.69) is 11.5 Å². The van der Waals surface area contributed by atoms with Gasteiger partial charge in [0.05, 0.1) is 24.1 Å². The molecule has 0 saturated carbocycles. The summed E-state index contributed by atoms with van der Waals surface area (Å²) in [6, 6.07) is 12.8. The molecule has 146 valence electrons. The lowest BCUT2D eigenvalue weighted by Crippen LogP contribution is -2.09. The molecule has 0 aliphatic heterocycles. The number of methoxy groups -OCH3 is 1. The normalized spacial score (nSPS) is 11.0. The molecule has 0 N–H and O–H groups in total. The van der Waals surface area contributed by atoms with Crippen molar-refractivity contribution in [1.82, 2.24) is 4.57 Å². The highest BCUT2D eigenvalue weighted by molar-refractivity contribution is 6.32. The van der Waals surface area contributed by atoms with Crippen LogP contribution in [0.1, 0.15) is 45.3 Å². The molecule has 0 saturated heterocycles. The smallest absolute Gasteiger partial charge is 0.337 e. The van der Waals surface area contributed by atoms with Crippen LogP contribution < -0.4 is 0 Å². The van der Waals surface area contributed by atoms with E-state index in [0.29, 0.717) is 29.1 Å². The molecule has 2 aromatic carbocycles. The molecule has 0 atom stereocenters. The van der Waals surface area contributed by atoms with Gasteiger partial charge in [-0.1, -0.05) is 49.2 Å². The van der Waals surface area contributed by atoms with E-state index in [1.54, 1.807) is 18.2 Å². The van der Waals surface area contributed by atoms with Gasteiger partial charge in [-0.3, -0.25) is 4.79 Å². The molecular weight excluding hydrogens is 397 g/mol. The first-order valence-electron chi connectivity index (χ1n) is 9.07. The maximum Gasteiger partial charge on any atom is 0.337 e. The number of ketones is 1. The average molecular weight is 418 g/mol. The molecule has 0 unspecified atom stereocenters. The zero-order valence-electron chi connectivity index (χ0n) is 15.8. The summed E-state index contributed by atoms with van der Waals surface area (Å²) in [6.07, 6.45) is 1.58. The highest BCUT2D eigenvalue weighted by Gasteiger charge is 2.23. The summed E-state index contributed by atoms with van der Waals surface area (Å²) in [5.74, 6) is -0.644. The molecule has 1 aromatic heterocycles. The second-order valence-electron chi connectivity index (χ2n) is 6.53. The van der Waals surface area contributed by atoms with Crippen LogP contribution in [0.5, 0.6) is 0 Å². The Morgan fingerprint density at radius 2 is 1.89 bits per heavy atom. The minimum absolute atomic E-state index is 0.0966. The van der Waals surface area contributed by atoms with Crippen molar-refractivity contribution >= 4 is 45.9 Å². The monoisotopic (exact) mass is 417 g/mol. The van der Waals surface area contributed by atoms with Crippen molar-refractivity contribution in [2.24, 2.45) is 0 Å². The van der Waals surface area contributed by atoms with Gasteiger partial charge in [-0.15, -0.1) is 11.6 Å². The number of aromatic nitrogens is 1. The second kappa shape index (κ2) is 8.80. The third kappa shape index (κ3) is 3.80. The van der Waals surface area contributed by atoms with E-state index >= 15 is 0 Å². The summed E-state index contributed by atoms with van der Waals surface area (Å²) in [5, 5.41) is 1.44. The highest BCUT2D eigenvalue weighted by Crippen LogP contribution is 2.31. The zero-order valence-corrected chi connectivity index (χ0v) is 17.3. The van der Waals surface area contributed by atoms with Crippen LogP contribution in [0.15, 0.2) is 42.5 Å². The summed E-state index contributed by atoms with van der Waals surface area (Å²) in [4.78, 5) is 24.7. The number of carbonyl (C=O) groups is 2. The quantitative estimate of drug-likeness (QED) is 0.289. The Morgan fingerprint density at radius 1 is 1.14 bits per heavy atom. The Hall–Kier alpha value is -2.30. The first-order chi connectivity index (χ1) is 13.5. The Bertz CT molecular complexity index is 1040. The number of nitrogens with zero attached hydrogens (tertiary/aromatic N) is 1. The number of hydrogen-bond acceptors (Lipinski definition) is 3. The molecule has 0 aliphatic rings. The summed E-state index contributed by atoms with van der Waals surface area (Å²) >= 11 is 12.3. The fraction of sp³-hybridized carbons (Fsp3) is 0.273. The van der Waals surface area contributed by atoms with Crippen LogP contribution in [0, 0.1) is 0 Å². The van der Waals surface area contributed by atoms with E-state index in [1.165, 1.54) is 7.11 Å². The lowest BCUT2D eigenvalue weighted by Gasteiger charge is -2.13. The van der Waals surface area contributed by atoms with Crippen molar-refractivity contribution in [3.05, 3.63) is 69.9 Å². The summed E-state index contributed by atoms with van der Waals surface area (Å²) in [6.45, 7) is 2.55. The third-order valence-electron chi connectivity index (χ3n) is 4.77. The van der Waals surface area contributed by atoms with Gasteiger partial charge >= 0.3 is 5.97 Å². The van der Waals surface area contributed by atoms with E-state index in [9.17, 15) is 9.59 Å². The number of rotatable bonds is 7. The van der Waals surface area contributed by atoms with Crippen molar-refractivity contribution in [2.75, 3.05) is 13.0 Å². The topological polar surface area (TPSA) is 48.3 Å². The lowest BCUT2D eigenvalue weighted by atomic mass is 10.0. The van der Waals surface area contributed by atoms with Gasteiger partial charge in [0.25, 0.3) is 0 Å². The van der Waals surface area contributed by atoms with Gasteiger partial charge in [-0.05, 0) is 30.2 Å². The molecule has 0 radical (unpaired) electrons. The van der Waals surface area contributed by atoms with Crippen molar-refractivity contribution in [3.63, 3.8) is 0 Å². The number of fused-ring (bicyclic) bond motifs is 1. The maximum atomic E-state index is 12.7. The molecule has 1 heterocycles. The maximum absolute atomic E-state index is 12.7. The van der Waals surface area contributed by atoms with Crippen LogP contribution in [-0.2, 0) is 17.7 Å². The van der Waals surface area contributed by atoms with Crippen LogP contribution in [0.4, 0.5) is 0 Å². The first-order valence-corrected chi connectivity index (χ1v) is 9.99. The number of Topliss-reactive ketones (excluding diaryl/α,β-unsaturated/α-hetero) is 1. The molecule has 3 aromatic rings. The fourth-order valence-corrected chi connectivity index (χ4v) is 3.83. The average Bonchev–Trinajstić information content (AvgIpc) is 3.01. The molecule has 4 nitrogen and oxygen atoms in total. The highest BCUT2D eigenvalue weighted by atomic mass is 35.5. The number of benzene rings is 2. The van der Waals surface area contributed by atoms with Crippen LogP contribution >= 0.6 is 23.2 Å². The summed E-state index contributed by atoms with van der Waals surface area (Å²) in [7, 11) is 1.35. The molecular formula is C22H21Cl2NO3. The standard InChI is InChI=1S/C22H21Cl2NO3/c1-3-6-18-21(20(26)12-23)16-10-9-14(22(27)28-2)11-19(16)25(18)13-15-7-4-5-8-17(15)24/h4-5,7-11H,3,6,12-13H2,1-2H3. The third-order valence-corrected chi connectivity index (χ3v) is 5.38. The number of carbonyl (C=O) groups excluding carboxylic acids is 2. The number of alkyl halides is 1. The SMILES string of the molecule is CCCc1c(C(=O)CCl)c2ccc(C(=O)OC)cc2n1Cc1ccccc1Cl. The van der Waals surface area contributed by atoms with E-state index in [0.717, 1.165) is 28.6 Å². The molecule has 28 heavy (non-hydrogen) atoms.